The Hall–Kier alpha value is -1.30. The molecule has 0 spiro atoms. The fraction of sp³-hybridized carbons (Fsp3) is 0.818. The van der Waals surface area contributed by atoms with Gasteiger partial charge >= 0.3 is 12.0 Å². The molecule has 0 aromatic carbocycles. The van der Waals surface area contributed by atoms with Gasteiger partial charge in [0.1, 0.15) is 0 Å². The van der Waals surface area contributed by atoms with Gasteiger partial charge in [-0.1, -0.05) is 13.3 Å². The van der Waals surface area contributed by atoms with Gasteiger partial charge in [0, 0.05) is 26.1 Å². The van der Waals surface area contributed by atoms with Crippen LogP contribution in [0.15, 0.2) is 0 Å². The summed E-state index contributed by atoms with van der Waals surface area (Å²) >= 11 is 0. The molecule has 0 rings (SSSR count). The predicted octanol–water partition coefficient (Wildman–Crippen LogP) is 0.823. The maximum Gasteiger partial charge on any atom is 0.314 e. The highest BCUT2D eigenvalue weighted by Crippen LogP contribution is 2.06. The van der Waals surface area contributed by atoms with Crippen LogP contribution in [0, 0.1) is 5.92 Å². The van der Waals surface area contributed by atoms with Crippen LogP contribution in [0.1, 0.15) is 26.7 Å². The number of carboxylic acids is 1. The van der Waals surface area contributed by atoms with E-state index in [0.717, 1.165) is 6.42 Å². The summed E-state index contributed by atoms with van der Waals surface area (Å²) in [6, 6.07) is -0.284. The van der Waals surface area contributed by atoms with Gasteiger partial charge in [-0.3, -0.25) is 4.79 Å². The fourth-order valence-electron chi connectivity index (χ4n) is 1.29. The van der Waals surface area contributed by atoms with Gasteiger partial charge < -0.3 is 20.5 Å². The van der Waals surface area contributed by atoms with Crippen LogP contribution in [-0.2, 0) is 9.53 Å². The van der Waals surface area contributed by atoms with Crippen LogP contribution in [0.5, 0.6) is 0 Å². The number of urea groups is 1. The highest BCUT2D eigenvalue weighted by Gasteiger charge is 2.12. The Balaban J connectivity index is 3.62. The first-order chi connectivity index (χ1) is 8.10. The first kappa shape index (κ1) is 15.7. The molecule has 17 heavy (non-hydrogen) atoms. The van der Waals surface area contributed by atoms with E-state index in [1.54, 1.807) is 0 Å². The van der Waals surface area contributed by atoms with Gasteiger partial charge in [0.05, 0.1) is 6.61 Å². The van der Waals surface area contributed by atoms with Crippen molar-refractivity contribution >= 4 is 12.0 Å². The topological polar surface area (TPSA) is 87.7 Å². The second kappa shape index (κ2) is 9.89. The monoisotopic (exact) mass is 246 g/mol. The lowest BCUT2D eigenvalue weighted by Gasteiger charge is -2.13. The zero-order chi connectivity index (χ0) is 13.1. The molecular formula is C11H22N2O4. The maximum atomic E-state index is 11.3. The van der Waals surface area contributed by atoms with Crippen LogP contribution in [0.2, 0.25) is 0 Å². The lowest BCUT2D eigenvalue weighted by Crippen LogP contribution is -2.39. The molecular weight excluding hydrogens is 224 g/mol. The van der Waals surface area contributed by atoms with Crippen LogP contribution in [-0.4, -0.2) is 43.4 Å². The number of carbonyl (C=O) groups excluding carboxylic acids is 1. The van der Waals surface area contributed by atoms with Crippen molar-refractivity contribution in [1.29, 1.82) is 0 Å². The second-order valence-corrected chi connectivity index (χ2v) is 3.71. The van der Waals surface area contributed by atoms with Crippen LogP contribution in [0.4, 0.5) is 4.79 Å². The van der Waals surface area contributed by atoms with Gasteiger partial charge in [-0.25, -0.2) is 4.79 Å². The molecule has 0 fully saturated rings. The number of ether oxygens (including phenoxy) is 1. The molecule has 0 saturated heterocycles. The summed E-state index contributed by atoms with van der Waals surface area (Å²) in [6.45, 7) is 5.73. The van der Waals surface area contributed by atoms with Crippen molar-refractivity contribution < 1.29 is 19.4 Å². The van der Waals surface area contributed by atoms with Crippen molar-refractivity contribution in [2.24, 2.45) is 5.92 Å². The average Bonchev–Trinajstić information content (AvgIpc) is 2.29. The van der Waals surface area contributed by atoms with Crippen molar-refractivity contribution in [3.05, 3.63) is 0 Å². The molecule has 6 heteroatoms. The van der Waals surface area contributed by atoms with Crippen LogP contribution < -0.4 is 10.6 Å². The Kier molecular flexibility index (Phi) is 9.14. The Labute approximate surface area is 102 Å². The molecule has 6 nitrogen and oxygen atoms in total. The second-order valence-electron chi connectivity index (χ2n) is 3.71. The molecule has 0 aliphatic carbocycles. The average molecular weight is 246 g/mol. The zero-order valence-corrected chi connectivity index (χ0v) is 10.5. The summed E-state index contributed by atoms with van der Waals surface area (Å²) in [7, 11) is 0. The number of hydrogen-bond donors (Lipinski definition) is 3. The Bertz CT molecular complexity index is 234. The van der Waals surface area contributed by atoms with Gasteiger partial charge in [0.15, 0.2) is 0 Å². The molecule has 0 radical (unpaired) electrons. The summed E-state index contributed by atoms with van der Waals surface area (Å²) in [5, 5.41) is 13.9. The van der Waals surface area contributed by atoms with Gasteiger partial charge in [-0.15, -0.1) is 0 Å². The largest absolute Gasteiger partial charge is 0.481 e. The van der Waals surface area contributed by atoms with Crippen LogP contribution in [0.25, 0.3) is 0 Å². The number of rotatable bonds is 9. The SMILES string of the molecule is CCOCCNC(=O)NCC(CC)CC(=O)O. The van der Waals surface area contributed by atoms with Crippen molar-refractivity contribution in [3.8, 4) is 0 Å². The minimum Gasteiger partial charge on any atom is -0.481 e. The molecule has 1 atom stereocenters. The lowest BCUT2D eigenvalue weighted by atomic mass is 10.0. The fourth-order valence-corrected chi connectivity index (χ4v) is 1.29. The number of carbonyl (C=O) groups is 2. The summed E-state index contributed by atoms with van der Waals surface area (Å²) < 4.78 is 5.06. The minimum absolute atomic E-state index is 0.0230. The molecule has 2 amide bonds. The molecule has 1 unspecified atom stereocenters. The molecule has 3 N–H and O–H groups in total. The zero-order valence-electron chi connectivity index (χ0n) is 10.5. The Morgan fingerprint density at radius 2 is 2.00 bits per heavy atom. The van der Waals surface area contributed by atoms with Crippen LogP contribution in [0.3, 0.4) is 0 Å². The smallest absolute Gasteiger partial charge is 0.314 e. The minimum atomic E-state index is -0.838. The Morgan fingerprint density at radius 1 is 1.29 bits per heavy atom. The van der Waals surface area contributed by atoms with Gasteiger partial charge in [-0.2, -0.15) is 0 Å². The normalized spacial score (nSPS) is 11.9. The van der Waals surface area contributed by atoms with E-state index < -0.39 is 5.97 Å². The summed E-state index contributed by atoms with van der Waals surface area (Å²) in [6.07, 6.45) is 0.807. The quantitative estimate of drug-likeness (QED) is 0.526. The molecule has 0 heterocycles. The number of aliphatic carboxylic acids is 1. The van der Waals surface area contributed by atoms with Crippen LogP contribution >= 0.6 is 0 Å². The van der Waals surface area contributed by atoms with Crippen molar-refractivity contribution in [2.45, 2.75) is 26.7 Å². The number of carboxylic acid groups (broad SMARTS) is 1. The Morgan fingerprint density at radius 3 is 2.53 bits per heavy atom. The summed E-state index contributed by atoms with van der Waals surface area (Å²) in [5.41, 5.74) is 0. The van der Waals surface area contributed by atoms with Gasteiger partial charge in [0.25, 0.3) is 0 Å². The highest BCUT2D eigenvalue weighted by molar-refractivity contribution is 5.74. The third-order valence-corrected chi connectivity index (χ3v) is 2.33. The summed E-state index contributed by atoms with van der Waals surface area (Å²) in [5.74, 6) is -0.861. The summed E-state index contributed by atoms with van der Waals surface area (Å²) in [4.78, 5) is 21.8. The highest BCUT2D eigenvalue weighted by atomic mass is 16.5. The van der Waals surface area contributed by atoms with E-state index in [1.807, 2.05) is 13.8 Å². The molecule has 0 aliphatic heterocycles. The molecule has 0 saturated carbocycles. The van der Waals surface area contributed by atoms with E-state index in [2.05, 4.69) is 10.6 Å². The number of nitrogens with one attached hydrogen (secondary N) is 2. The molecule has 0 aromatic rings. The van der Waals surface area contributed by atoms with Crippen molar-refractivity contribution in [3.63, 3.8) is 0 Å². The molecule has 100 valence electrons. The maximum absolute atomic E-state index is 11.3. The third kappa shape index (κ3) is 9.62. The van der Waals surface area contributed by atoms with Crippen molar-refractivity contribution in [1.82, 2.24) is 10.6 Å². The first-order valence-electron chi connectivity index (χ1n) is 5.91. The van der Waals surface area contributed by atoms with E-state index in [4.69, 9.17) is 9.84 Å². The number of hydrogen-bond acceptors (Lipinski definition) is 3. The molecule has 0 bridgehead atoms. The van der Waals surface area contributed by atoms with Crippen molar-refractivity contribution in [2.75, 3.05) is 26.3 Å². The first-order valence-corrected chi connectivity index (χ1v) is 5.91. The van der Waals surface area contributed by atoms with E-state index in [-0.39, 0.29) is 18.4 Å². The van der Waals surface area contributed by atoms with Gasteiger partial charge in [-0.05, 0) is 12.8 Å². The van der Waals surface area contributed by atoms with E-state index in [1.165, 1.54) is 0 Å². The lowest BCUT2D eigenvalue weighted by molar-refractivity contribution is -0.138. The third-order valence-electron chi connectivity index (χ3n) is 2.33. The molecule has 0 aliphatic rings. The predicted molar refractivity (Wildman–Crippen MR) is 63.9 cm³/mol. The van der Waals surface area contributed by atoms with E-state index in [0.29, 0.717) is 26.3 Å². The van der Waals surface area contributed by atoms with E-state index in [9.17, 15) is 9.59 Å². The standard InChI is InChI=1S/C11H22N2O4/c1-3-9(7-10(14)15)8-13-11(16)12-5-6-17-4-2/h9H,3-8H2,1-2H3,(H,14,15)(H2,12,13,16). The van der Waals surface area contributed by atoms with Gasteiger partial charge in [0.2, 0.25) is 0 Å². The van der Waals surface area contributed by atoms with E-state index >= 15 is 0 Å². The molecule has 0 aromatic heterocycles. The number of amides is 2.